The molecule has 0 radical (unpaired) electrons. The normalized spacial score (nSPS) is 14.9. The summed E-state index contributed by atoms with van der Waals surface area (Å²) in [7, 11) is 0. The predicted octanol–water partition coefficient (Wildman–Crippen LogP) is 5.41. The van der Waals surface area contributed by atoms with Crippen molar-refractivity contribution in [1.82, 2.24) is 0 Å². The predicted molar refractivity (Wildman–Crippen MR) is 110 cm³/mol. The highest BCUT2D eigenvalue weighted by Crippen LogP contribution is 2.26. The third-order valence-corrected chi connectivity index (χ3v) is 4.95. The molecule has 138 valence electrons. The van der Waals surface area contributed by atoms with E-state index in [1.54, 1.807) is 0 Å². The average Bonchev–Trinajstić information content (AvgIpc) is 2.65. The van der Waals surface area contributed by atoms with E-state index in [4.69, 9.17) is 0 Å². The van der Waals surface area contributed by atoms with Gasteiger partial charge in [0, 0.05) is 42.3 Å². The molecule has 26 heavy (non-hydrogen) atoms. The monoisotopic (exact) mass is 351 g/mol. The summed E-state index contributed by atoms with van der Waals surface area (Å²) >= 11 is 0. The van der Waals surface area contributed by atoms with Gasteiger partial charge in [-0.2, -0.15) is 0 Å². The van der Waals surface area contributed by atoms with Crippen molar-refractivity contribution in [1.29, 1.82) is 0 Å². The molecule has 0 unspecified atom stereocenters. The summed E-state index contributed by atoms with van der Waals surface area (Å²) in [6, 6.07) is 16.5. The van der Waals surface area contributed by atoms with Crippen LogP contribution in [0.3, 0.4) is 0 Å². The Labute approximate surface area is 156 Å². The van der Waals surface area contributed by atoms with E-state index in [1.807, 2.05) is 31.2 Å². The zero-order chi connectivity index (χ0) is 18.4. The van der Waals surface area contributed by atoms with Crippen molar-refractivity contribution in [2.45, 2.75) is 39.5 Å². The highest BCUT2D eigenvalue weighted by atomic mass is 16.1. The molecule has 0 saturated carbocycles. The molecule has 3 rings (SSSR count). The van der Waals surface area contributed by atoms with Crippen molar-refractivity contribution in [3.05, 3.63) is 48.5 Å². The molecule has 2 aromatic carbocycles. The van der Waals surface area contributed by atoms with Crippen LogP contribution in [0.5, 0.6) is 0 Å². The maximum Gasteiger partial charge on any atom is 0.224 e. The van der Waals surface area contributed by atoms with Crippen molar-refractivity contribution in [3.8, 4) is 0 Å². The van der Waals surface area contributed by atoms with Gasteiger partial charge in [0.1, 0.15) is 0 Å². The highest BCUT2D eigenvalue weighted by molar-refractivity contribution is 5.90. The number of anilines is 4. The van der Waals surface area contributed by atoms with Crippen LogP contribution in [0.4, 0.5) is 22.7 Å². The number of amides is 1. The smallest absolute Gasteiger partial charge is 0.224 e. The summed E-state index contributed by atoms with van der Waals surface area (Å²) in [6.07, 6.45) is 3.97. The number of carbonyl (C=O) groups is 1. The third kappa shape index (κ3) is 5.01. The molecule has 0 bridgehead atoms. The summed E-state index contributed by atoms with van der Waals surface area (Å²) in [4.78, 5) is 14.1. The zero-order valence-corrected chi connectivity index (χ0v) is 15.8. The molecule has 0 spiro atoms. The highest BCUT2D eigenvalue weighted by Gasteiger charge is 2.15. The van der Waals surface area contributed by atoms with Gasteiger partial charge in [0.25, 0.3) is 0 Å². The lowest BCUT2D eigenvalue weighted by atomic mass is 9.99. The van der Waals surface area contributed by atoms with Crippen molar-refractivity contribution >= 4 is 28.7 Å². The Morgan fingerprint density at radius 1 is 0.962 bits per heavy atom. The standard InChI is InChI=1S/C22H29N3O/c1-3-4-22(26)24-20-7-5-18(6-8-20)23-19-9-11-21(12-10-19)25-15-13-17(2)14-16-25/h5-12,17,23H,3-4,13-16H2,1-2H3,(H,24,26). The van der Waals surface area contributed by atoms with E-state index in [2.05, 4.69) is 46.7 Å². The second-order valence-corrected chi connectivity index (χ2v) is 7.22. The van der Waals surface area contributed by atoms with Crippen molar-refractivity contribution in [3.63, 3.8) is 0 Å². The fraction of sp³-hybridized carbons (Fsp3) is 0.409. The molecule has 0 atom stereocenters. The second kappa shape index (κ2) is 8.75. The Bertz CT molecular complexity index is 701. The number of piperidine rings is 1. The molecule has 1 heterocycles. The van der Waals surface area contributed by atoms with Crippen LogP contribution in [0.25, 0.3) is 0 Å². The van der Waals surface area contributed by atoms with Crippen LogP contribution in [0, 0.1) is 5.92 Å². The van der Waals surface area contributed by atoms with Crippen molar-refractivity contribution < 1.29 is 4.79 Å². The van der Waals surface area contributed by atoms with Gasteiger partial charge < -0.3 is 15.5 Å². The minimum atomic E-state index is 0.0657. The van der Waals surface area contributed by atoms with Crippen molar-refractivity contribution in [2.24, 2.45) is 5.92 Å². The number of hydrogen-bond donors (Lipinski definition) is 2. The molecule has 1 fully saturated rings. The van der Waals surface area contributed by atoms with Crippen LogP contribution in [0.15, 0.2) is 48.5 Å². The summed E-state index contributed by atoms with van der Waals surface area (Å²) < 4.78 is 0. The van der Waals surface area contributed by atoms with Crippen LogP contribution < -0.4 is 15.5 Å². The number of nitrogens with one attached hydrogen (secondary N) is 2. The fourth-order valence-electron chi connectivity index (χ4n) is 3.28. The van der Waals surface area contributed by atoms with Crippen LogP contribution in [-0.2, 0) is 4.79 Å². The van der Waals surface area contributed by atoms with Crippen LogP contribution in [0.1, 0.15) is 39.5 Å². The molecule has 1 aliphatic heterocycles. The molecular weight excluding hydrogens is 322 g/mol. The van der Waals surface area contributed by atoms with Crippen LogP contribution in [0.2, 0.25) is 0 Å². The Kier molecular flexibility index (Phi) is 6.16. The Balaban J connectivity index is 1.56. The molecule has 0 aliphatic carbocycles. The lowest BCUT2D eigenvalue weighted by Crippen LogP contribution is -2.32. The minimum Gasteiger partial charge on any atom is -0.372 e. The molecule has 4 heteroatoms. The van der Waals surface area contributed by atoms with Crippen molar-refractivity contribution in [2.75, 3.05) is 28.6 Å². The van der Waals surface area contributed by atoms with E-state index in [9.17, 15) is 4.79 Å². The first-order valence-electron chi connectivity index (χ1n) is 9.66. The molecule has 0 aromatic heterocycles. The Morgan fingerprint density at radius 2 is 1.50 bits per heavy atom. The first-order chi connectivity index (χ1) is 12.6. The SMILES string of the molecule is CCCC(=O)Nc1ccc(Nc2ccc(N3CCC(C)CC3)cc2)cc1. The van der Waals surface area contributed by atoms with Crippen LogP contribution >= 0.6 is 0 Å². The van der Waals surface area contributed by atoms with Gasteiger partial charge in [0.05, 0.1) is 0 Å². The first-order valence-corrected chi connectivity index (χ1v) is 9.66. The molecule has 2 aromatic rings. The van der Waals surface area contributed by atoms with Gasteiger partial charge in [-0.25, -0.2) is 0 Å². The summed E-state index contributed by atoms with van der Waals surface area (Å²) in [6.45, 7) is 6.65. The molecule has 1 amide bonds. The van der Waals surface area contributed by atoms with E-state index in [0.717, 1.165) is 42.5 Å². The van der Waals surface area contributed by atoms with Gasteiger partial charge in [-0.15, -0.1) is 0 Å². The van der Waals surface area contributed by atoms with Crippen LogP contribution in [-0.4, -0.2) is 19.0 Å². The maximum absolute atomic E-state index is 11.6. The molecule has 2 N–H and O–H groups in total. The molecule has 1 saturated heterocycles. The summed E-state index contributed by atoms with van der Waals surface area (Å²) in [5.74, 6) is 0.915. The van der Waals surface area contributed by atoms with E-state index >= 15 is 0 Å². The number of nitrogens with zero attached hydrogens (tertiary/aromatic N) is 1. The number of hydrogen-bond acceptors (Lipinski definition) is 3. The molecule has 4 nitrogen and oxygen atoms in total. The zero-order valence-electron chi connectivity index (χ0n) is 15.8. The summed E-state index contributed by atoms with van der Waals surface area (Å²) in [5, 5.41) is 6.32. The van der Waals surface area contributed by atoms with Gasteiger partial charge in [0.2, 0.25) is 5.91 Å². The number of rotatable bonds is 6. The lowest BCUT2D eigenvalue weighted by molar-refractivity contribution is -0.116. The number of benzene rings is 2. The largest absolute Gasteiger partial charge is 0.372 e. The minimum absolute atomic E-state index is 0.0657. The van der Waals surface area contributed by atoms with Gasteiger partial charge in [-0.05, 0) is 73.7 Å². The molecular formula is C22H29N3O. The third-order valence-electron chi connectivity index (χ3n) is 4.95. The second-order valence-electron chi connectivity index (χ2n) is 7.22. The Morgan fingerprint density at radius 3 is 2.08 bits per heavy atom. The van der Waals surface area contributed by atoms with Gasteiger partial charge in [0.15, 0.2) is 0 Å². The van der Waals surface area contributed by atoms with Gasteiger partial charge in [-0.1, -0.05) is 13.8 Å². The molecule has 1 aliphatic rings. The summed E-state index contributed by atoms with van der Waals surface area (Å²) in [5.41, 5.74) is 4.22. The van der Waals surface area contributed by atoms with Gasteiger partial charge in [-0.3, -0.25) is 4.79 Å². The van der Waals surface area contributed by atoms with Gasteiger partial charge >= 0.3 is 0 Å². The topological polar surface area (TPSA) is 44.4 Å². The maximum atomic E-state index is 11.6. The Hall–Kier alpha value is -2.49. The number of carbonyl (C=O) groups excluding carboxylic acids is 1. The van der Waals surface area contributed by atoms with E-state index in [0.29, 0.717) is 6.42 Å². The quantitative estimate of drug-likeness (QED) is 0.732. The fourth-order valence-corrected chi connectivity index (χ4v) is 3.28. The average molecular weight is 351 g/mol. The first kappa shape index (κ1) is 18.3. The van der Waals surface area contributed by atoms with E-state index < -0.39 is 0 Å². The van der Waals surface area contributed by atoms with E-state index in [1.165, 1.54) is 18.5 Å². The lowest BCUT2D eigenvalue weighted by Gasteiger charge is -2.32. The van der Waals surface area contributed by atoms with E-state index in [-0.39, 0.29) is 5.91 Å².